The molecule has 1 aromatic carbocycles. The summed E-state index contributed by atoms with van der Waals surface area (Å²) < 4.78 is 1.59. The van der Waals surface area contributed by atoms with Crippen molar-refractivity contribution in [2.45, 2.75) is 38.9 Å². The molecule has 1 aliphatic carbocycles. The smallest absolute Gasteiger partial charge is 0.258 e. The Kier molecular flexibility index (Phi) is 4.36. The van der Waals surface area contributed by atoms with E-state index < -0.39 is 0 Å². The summed E-state index contributed by atoms with van der Waals surface area (Å²) in [6.45, 7) is 3.88. The molecular weight excluding hydrogens is 310 g/mol. The van der Waals surface area contributed by atoms with Gasteiger partial charge in [-0.2, -0.15) is 0 Å². The van der Waals surface area contributed by atoms with Crippen LogP contribution >= 0.6 is 0 Å². The largest absolute Gasteiger partial charge is 0.290 e. The fraction of sp³-hybridized carbons (Fsp3) is 0.333. The first-order chi connectivity index (χ1) is 12.2. The molecule has 128 valence electrons. The number of hydrogen-bond donors (Lipinski definition) is 0. The molecule has 0 amide bonds. The highest BCUT2D eigenvalue weighted by Crippen LogP contribution is 2.36. The molecule has 2 heterocycles. The zero-order valence-corrected chi connectivity index (χ0v) is 14.5. The summed E-state index contributed by atoms with van der Waals surface area (Å²) in [5, 5.41) is 0. The molecule has 1 aliphatic rings. The lowest BCUT2D eigenvalue weighted by Crippen LogP contribution is -2.34. The van der Waals surface area contributed by atoms with Crippen LogP contribution in [0.2, 0.25) is 0 Å². The van der Waals surface area contributed by atoms with Crippen molar-refractivity contribution in [3.8, 4) is 0 Å². The molecule has 1 atom stereocenters. The van der Waals surface area contributed by atoms with E-state index in [1.807, 2.05) is 24.3 Å². The van der Waals surface area contributed by atoms with Gasteiger partial charge in [0.05, 0.1) is 5.69 Å². The van der Waals surface area contributed by atoms with E-state index in [0.717, 1.165) is 18.2 Å². The highest BCUT2D eigenvalue weighted by atomic mass is 16.1. The van der Waals surface area contributed by atoms with Crippen molar-refractivity contribution < 1.29 is 0 Å². The molecule has 0 saturated heterocycles. The Hall–Kier alpha value is -2.46. The van der Waals surface area contributed by atoms with Gasteiger partial charge in [-0.3, -0.25) is 14.1 Å². The van der Waals surface area contributed by atoms with Gasteiger partial charge in [0.2, 0.25) is 0 Å². The van der Waals surface area contributed by atoms with Crippen LogP contribution in [-0.2, 0) is 13.1 Å². The molecule has 0 spiro atoms. The van der Waals surface area contributed by atoms with Crippen LogP contribution in [-0.4, -0.2) is 20.3 Å². The van der Waals surface area contributed by atoms with Crippen LogP contribution in [0.5, 0.6) is 0 Å². The second-order valence-electron chi connectivity index (χ2n) is 6.98. The summed E-state index contributed by atoms with van der Waals surface area (Å²) in [6, 6.07) is 18.4. The summed E-state index contributed by atoms with van der Waals surface area (Å²) in [4.78, 5) is 19.5. The number of nitrogens with zero attached hydrogens (tertiary/aromatic N) is 3. The van der Waals surface area contributed by atoms with Gasteiger partial charge < -0.3 is 0 Å². The van der Waals surface area contributed by atoms with Gasteiger partial charge in [0, 0.05) is 31.4 Å². The molecule has 1 fully saturated rings. The average molecular weight is 333 g/mol. The van der Waals surface area contributed by atoms with Crippen molar-refractivity contribution in [3.63, 3.8) is 0 Å². The van der Waals surface area contributed by atoms with Crippen LogP contribution in [0.4, 0.5) is 0 Å². The zero-order valence-electron chi connectivity index (χ0n) is 14.5. The van der Waals surface area contributed by atoms with Crippen LogP contribution in [0, 0.1) is 5.92 Å². The Labute approximate surface area is 147 Å². The van der Waals surface area contributed by atoms with Crippen molar-refractivity contribution >= 4 is 5.65 Å². The van der Waals surface area contributed by atoms with Gasteiger partial charge in [-0.15, -0.1) is 0 Å². The van der Waals surface area contributed by atoms with Crippen molar-refractivity contribution in [1.82, 2.24) is 14.3 Å². The van der Waals surface area contributed by atoms with Crippen LogP contribution in [0.15, 0.2) is 65.6 Å². The molecule has 0 bridgehead atoms. The third-order valence-electron chi connectivity index (χ3n) is 5.10. The SMILES string of the molecule is CC(C1CC1)N(Cc1ccccc1)Cc1cc(=O)n2ccccc2n1. The molecular formula is C21H23N3O. The highest BCUT2D eigenvalue weighted by molar-refractivity contribution is 5.38. The quantitative estimate of drug-likeness (QED) is 0.693. The summed E-state index contributed by atoms with van der Waals surface area (Å²) in [7, 11) is 0. The number of hydrogen-bond acceptors (Lipinski definition) is 3. The normalized spacial score (nSPS) is 15.6. The third kappa shape index (κ3) is 3.64. The van der Waals surface area contributed by atoms with Gasteiger partial charge in [0.1, 0.15) is 5.65 Å². The predicted molar refractivity (Wildman–Crippen MR) is 99.3 cm³/mol. The molecule has 4 rings (SSSR count). The Morgan fingerprint density at radius 2 is 1.88 bits per heavy atom. The maximum Gasteiger partial charge on any atom is 0.258 e. The maximum absolute atomic E-state index is 12.4. The standard InChI is InChI=1S/C21H23N3O/c1-16(18-10-11-18)23(14-17-7-3-2-4-8-17)15-19-13-21(25)24-12-6-5-9-20(24)22-19/h2-9,12-13,16,18H,10-11,14-15H2,1H3. The maximum atomic E-state index is 12.4. The predicted octanol–water partition coefficient (Wildman–Crippen LogP) is 3.50. The fourth-order valence-electron chi connectivity index (χ4n) is 3.43. The summed E-state index contributed by atoms with van der Waals surface area (Å²) in [5.41, 5.74) is 2.84. The van der Waals surface area contributed by atoms with Crippen molar-refractivity contribution in [2.24, 2.45) is 5.92 Å². The Balaban J connectivity index is 1.62. The second-order valence-corrected chi connectivity index (χ2v) is 6.98. The van der Waals surface area contributed by atoms with E-state index in [4.69, 9.17) is 4.98 Å². The lowest BCUT2D eigenvalue weighted by atomic mass is 10.1. The molecule has 0 radical (unpaired) electrons. The number of rotatable bonds is 6. The Bertz CT molecular complexity index is 915. The molecule has 2 aromatic heterocycles. The molecule has 0 aliphatic heterocycles. The number of fused-ring (bicyclic) bond motifs is 1. The lowest BCUT2D eigenvalue weighted by molar-refractivity contribution is 0.170. The summed E-state index contributed by atoms with van der Waals surface area (Å²) in [6.07, 6.45) is 4.38. The first kappa shape index (κ1) is 16.0. The fourth-order valence-corrected chi connectivity index (χ4v) is 3.43. The van der Waals surface area contributed by atoms with Crippen LogP contribution in [0.3, 0.4) is 0 Å². The van der Waals surface area contributed by atoms with E-state index >= 15 is 0 Å². The van der Waals surface area contributed by atoms with E-state index in [1.54, 1.807) is 16.7 Å². The zero-order chi connectivity index (χ0) is 17.2. The average Bonchev–Trinajstić information content (AvgIpc) is 3.47. The van der Waals surface area contributed by atoms with Gasteiger partial charge in [0.25, 0.3) is 5.56 Å². The van der Waals surface area contributed by atoms with Gasteiger partial charge in [-0.1, -0.05) is 36.4 Å². The van der Waals surface area contributed by atoms with E-state index in [0.29, 0.717) is 18.2 Å². The highest BCUT2D eigenvalue weighted by Gasteiger charge is 2.32. The first-order valence-corrected chi connectivity index (χ1v) is 8.96. The Morgan fingerprint density at radius 3 is 2.64 bits per heavy atom. The molecule has 4 nitrogen and oxygen atoms in total. The van der Waals surface area contributed by atoms with E-state index in [2.05, 4.69) is 36.1 Å². The van der Waals surface area contributed by atoms with Crippen molar-refractivity contribution in [3.05, 3.63) is 82.4 Å². The summed E-state index contributed by atoms with van der Waals surface area (Å²) >= 11 is 0. The number of aromatic nitrogens is 2. The molecule has 3 aromatic rings. The van der Waals surface area contributed by atoms with Crippen molar-refractivity contribution in [1.29, 1.82) is 0 Å². The monoisotopic (exact) mass is 333 g/mol. The Morgan fingerprint density at radius 1 is 1.12 bits per heavy atom. The van der Waals surface area contributed by atoms with Crippen LogP contribution in [0.25, 0.3) is 5.65 Å². The molecule has 0 N–H and O–H groups in total. The minimum Gasteiger partial charge on any atom is -0.290 e. The topological polar surface area (TPSA) is 37.6 Å². The van der Waals surface area contributed by atoms with E-state index in [1.165, 1.54) is 18.4 Å². The van der Waals surface area contributed by atoms with Crippen LogP contribution < -0.4 is 5.56 Å². The molecule has 4 heteroatoms. The molecule has 1 unspecified atom stereocenters. The van der Waals surface area contributed by atoms with Crippen LogP contribution in [0.1, 0.15) is 31.0 Å². The van der Waals surface area contributed by atoms with Gasteiger partial charge in [-0.25, -0.2) is 4.98 Å². The van der Waals surface area contributed by atoms with Gasteiger partial charge in [-0.05, 0) is 43.4 Å². The third-order valence-corrected chi connectivity index (χ3v) is 5.10. The van der Waals surface area contributed by atoms with Crippen molar-refractivity contribution in [2.75, 3.05) is 0 Å². The number of pyridine rings is 1. The molecule has 25 heavy (non-hydrogen) atoms. The number of benzene rings is 1. The minimum atomic E-state index is -0.0145. The van der Waals surface area contributed by atoms with E-state index in [9.17, 15) is 4.79 Å². The van der Waals surface area contributed by atoms with Gasteiger partial charge in [0.15, 0.2) is 0 Å². The van der Waals surface area contributed by atoms with Gasteiger partial charge >= 0.3 is 0 Å². The molecule has 1 saturated carbocycles. The first-order valence-electron chi connectivity index (χ1n) is 8.96. The minimum absolute atomic E-state index is 0.0145. The lowest BCUT2D eigenvalue weighted by Gasteiger charge is -2.29. The second kappa shape index (κ2) is 6.81. The van der Waals surface area contributed by atoms with E-state index in [-0.39, 0.29) is 5.56 Å². The summed E-state index contributed by atoms with van der Waals surface area (Å²) in [5.74, 6) is 0.769.